The Kier molecular flexibility index (Phi) is 3.93. The molecule has 2 aromatic rings. The molecule has 0 unspecified atom stereocenters. The SMILES string of the molecule is CCc1ccc(Cc2cc(C)c(O)c(Cl)c2)cc1. The van der Waals surface area contributed by atoms with E-state index in [0.717, 1.165) is 24.0 Å². The first-order chi connectivity index (χ1) is 8.60. The van der Waals surface area contributed by atoms with Crippen LogP contribution in [0.1, 0.15) is 29.2 Å². The fourth-order valence-electron chi connectivity index (χ4n) is 2.04. The highest BCUT2D eigenvalue weighted by Gasteiger charge is 2.05. The lowest BCUT2D eigenvalue weighted by Gasteiger charge is -2.07. The van der Waals surface area contributed by atoms with Crippen LogP contribution in [-0.2, 0) is 12.8 Å². The van der Waals surface area contributed by atoms with Crippen molar-refractivity contribution < 1.29 is 5.11 Å². The van der Waals surface area contributed by atoms with Crippen LogP contribution in [0.4, 0.5) is 0 Å². The van der Waals surface area contributed by atoms with Crippen molar-refractivity contribution in [1.82, 2.24) is 0 Å². The van der Waals surface area contributed by atoms with E-state index in [2.05, 4.69) is 31.2 Å². The Labute approximate surface area is 113 Å². The summed E-state index contributed by atoms with van der Waals surface area (Å²) in [6.07, 6.45) is 1.90. The van der Waals surface area contributed by atoms with Gasteiger partial charge in [-0.15, -0.1) is 0 Å². The molecule has 2 aromatic carbocycles. The van der Waals surface area contributed by atoms with E-state index in [0.29, 0.717) is 5.02 Å². The van der Waals surface area contributed by atoms with Crippen molar-refractivity contribution in [1.29, 1.82) is 0 Å². The van der Waals surface area contributed by atoms with Gasteiger partial charge in [0.05, 0.1) is 5.02 Å². The van der Waals surface area contributed by atoms with E-state index in [9.17, 15) is 5.11 Å². The average Bonchev–Trinajstić information content (AvgIpc) is 2.37. The summed E-state index contributed by atoms with van der Waals surface area (Å²) in [6, 6.07) is 12.4. The summed E-state index contributed by atoms with van der Waals surface area (Å²) in [5.74, 6) is 0.182. The van der Waals surface area contributed by atoms with Gasteiger partial charge in [-0.2, -0.15) is 0 Å². The first kappa shape index (κ1) is 13.0. The Balaban J connectivity index is 2.23. The number of aromatic hydroxyl groups is 1. The van der Waals surface area contributed by atoms with Gasteiger partial charge in [0.15, 0.2) is 0 Å². The standard InChI is InChI=1S/C16H17ClO/c1-3-12-4-6-13(7-5-12)9-14-8-11(2)16(18)15(17)10-14/h4-8,10,18H,3,9H2,1-2H3. The summed E-state index contributed by atoms with van der Waals surface area (Å²) < 4.78 is 0. The van der Waals surface area contributed by atoms with E-state index in [1.807, 2.05) is 19.1 Å². The minimum atomic E-state index is 0.182. The molecule has 1 nitrogen and oxygen atoms in total. The normalized spacial score (nSPS) is 10.6. The monoisotopic (exact) mass is 260 g/mol. The molecule has 18 heavy (non-hydrogen) atoms. The van der Waals surface area contributed by atoms with Gasteiger partial charge >= 0.3 is 0 Å². The number of aryl methyl sites for hydroxylation is 2. The fourth-order valence-corrected chi connectivity index (χ4v) is 2.33. The van der Waals surface area contributed by atoms with E-state index >= 15 is 0 Å². The minimum Gasteiger partial charge on any atom is -0.506 e. The summed E-state index contributed by atoms with van der Waals surface area (Å²) in [6.45, 7) is 4.02. The summed E-state index contributed by atoms with van der Waals surface area (Å²) in [4.78, 5) is 0. The van der Waals surface area contributed by atoms with Crippen LogP contribution >= 0.6 is 11.6 Å². The van der Waals surface area contributed by atoms with Gasteiger partial charge in [0.25, 0.3) is 0 Å². The third-order valence-corrected chi connectivity index (χ3v) is 3.44. The number of phenolic OH excluding ortho intramolecular Hbond substituents is 1. The smallest absolute Gasteiger partial charge is 0.137 e. The number of rotatable bonds is 3. The van der Waals surface area contributed by atoms with Crippen molar-refractivity contribution in [2.45, 2.75) is 26.7 Å². The van der Waals surface area contributed by atoms with E-state index < -0.39 is 0 Å². The molecule has 0 aromatic heterocycles. The molecule has 0 amide bonds. The number of benzene rings is 2. The molecule has 0 bridgehead atoms. The van der Waals surface area contributed by atoms with Gasteiger partial charge in [-0.1, -0.05) is 48.9 Å². The molecule has 0 radical (unpaired) electrons. The number of phenols is 1. The van der Waals surface area contributed by atoms with Crippen LogP contribution in [0, 0.1) is 6.92 Å². The summed E-state index contributed by atoms with van der Waals surface area (Å²) in [5, 5.41) is 10.1. The van der Waals surface area contributed by atoms with Crippen LogP contribution in [0.15, 0.2) is 36.4 Å². The Morgan fingerprint density at radius 2 is 1.61 bits per heavy atom. The van der Waals surface area contributed by atoms with Gasteiger partial charge in [-0.25, -0.2) is 0 Å². The molecule has 0 aliphatic rings. The topological polar surface area (TPSA) is 20.2 Å². The predicted molar refractivity (Wildman–Crippen MR) is 76.5 cm³/mol. The second-order valence-corrected chi connectivity index (χ2v) is 5.00. The third kappa shape index (κ3) is 2.85. The first-order valence-corrected chi connectivity index (χ1v) is 6.53. The zero-order valence-corrected chi connectivity index (χ0v) is 11.5. The van der Waals surface area contributed by atoms with E-state index in [-0.39, 0.29) is 5.75 Å². The molecular weight excluding hydrogens is 244 g/mol. The van der Waals surface area contributed by atoms with Gasteiger partial charge < -0.3 is 5.11 Å². The Morgan fingerprint density at radius 1 is 1.00 bits per heavy atom. The lowest BCUT2D eigenvalue weighted by atomic mass is 10.0. The van der Waals surface area contributed by atoms with Crippen LogP contribution < -0.4 is 0 Å². The zero-order valence-electron chi connectivity index (χ0n) is 10.7. The van der Waals surface area contributed by atoms with Crippen LogP contribution in [0.3, 0.4) is 0 Å². The molecule has 0 aliphatic heterocycles. The van der Waals surface area contributed by atoms with Gasteiger partial charge in [0.2, 0.25) is 0 Å². The molecule has 0 aliphatic carbocycles. The fraction of sp³-hybridized carbons (Fsp3) is 0.250. The molecule has 0 saturated heterocycles. The highest BCUT2D eigenvalue weighted by molar-refractivity contribution is 6.32. The number of hydrogen-bond acceptors (Lipinski definition) is 1. The van der Waals surface area contributed by atoms with E-state index in [1.54, 1.807) is 0 Å². The van der Waals surface area contributed by atoms with Crippen molar-refractivity contribution in [2.75, 3.05) is 0 Å². The zero-order chi connectivity index (χ0) is 13.1. The highest BCUT2D eigenvalue weighted by atomic mass is 35.5. The minimum absolute atomic E-state index is 0.182. The Hall–Kier alpha value is -1.47. The molecule has 94 valence electrons. The van der Waals surface area contributed by atoms with Gasteiger partial charge in [0.1, 0.15) is 5.75 Å². The largest absolute Gasteiger partial charge is 0.506 e. The van der Waals surface area contributed by atoms with E-state index in [4.69, 9.17) is 11.6 Å². The van der Waals surface area contributed by atoms with Gasteiger partial charge in [-0.3, -0.25) is 0 Å². The lowest BCUT2D eigenvalue weighted by molar-refractivity contribution is 0.471. The Bertz CT molecular complexity index is 521. The van der Waals surface area contributed by atoms with Crippen molar-refractivity contribution in [2.24, 2.45) is 0 Å². The van der Waals surface area contributed by atoms with Crippen molar-refractivity contribution in [3.8, 4) is 5.75 Å². The van der Waals surface area contributed by atoms with Gasteiger partial charge in [0, 0.05) is 0 Å². The van der Waals surface area contributed by atoms with Gasteiger partial charge in [-0.05, 0) is 48.1 Å². The highest BCUT2D eigenvalue weighted by Crippen LogP contribution is 2.29. The van der Waals surface area contributed by atoms with Crippen LogP contribution in [0.2, 0.25) is 5.02 Å². The molecule has 1 N–H and O–H groups in total. The summed E-state index contributed by atoms with van der Waals surface area (Å²) in [7, 11) is 0. The molecule has 0 heterocycles. The van der Waals surface area contributed by atoms with Crippen LogP contribution in [0.25, 0.3) is 0 Å². The maximum Gasteiger partial charge on any atom is 0.137 e. The van der Waals surface area contributed by atoms with Crippen molar-refractivity contribution in [3.05, 3.63) is 63.7 Å². The number of halogens is 1. The molecular formula is C16H17ClO. The van der Waals surface area contributed by atoms with Crippen LogP contribution in [0.5, 0.6) is 5.75 Å². The van der Waals surface area contributed by atoms with Crippen molar-refractivity contribution >= 4 is 11.6 Å². The summed E-state index contributed by atoms with van der Waals surface area (Å²) >= 11 is 5.98. The second kappa shape index (κ2) is 5.45. The average molecular weight is 261 g/mol. The summed E-state index contributed by atoms with van der Waals surface area (Å²) in [5.41, 5.74) is 4.55. The molecule has 0 saturated carbocycles. The molecule has 0 fully saturated rings. The molecule has 0 spiro atoms. The molecule has 0 atom stereocenters. The maximum atomic E-state index is 9.63. The lowest BCUT2D eigenvalue weighted by Crippen LogP contribution is -1.91. The van der Waals surface area contributed by atoms with E-state index in [1.165, 1.54) is 11.1 Å². The maximum absolute atomic E-state index is 9.63. The van der Waals surface area contributed by atoms with Crippen molar-refractivity contribution in [3.63, 3.8) is 0 Å². The predicted octanol–water partition coefficient (Wildman–Crippen LogP) is 4.51. The molecule has 2 rings (SSSR count). The first-order valence-electron chi connectivity index (χ1n) is 6.16. The van der Waals surface area contributed by atoms with Crippen LogP contribution in [-0.4, -0.2) is 5.11 Å². The second-order valence-electron chi connectivity index (χ2n) is 4.59. The Morgan fingerprint density at radius 3 is 2.17 bits per heavy atom. The third-order valence-electron chi connectivity index (χ3n) is 3.15. The quantitative estimate of drug-likeness (QED) is 0.861. The number of hydrogen-bond donors (Lipinski definition) is 1. The molecule has 2 heteroatoms.